The molecular weight excluding hydrogens is 271 g/mol. The molecule has 86 valence electrons. The van der Waals surface area contributed by atoms with E-state index in [0.717, 1.165) is 0 Å². The van der Waals surface area contributed by atoms with Crippen LogP contribution >= 0.6 is 35.0 Å². The van der Waals surface area contributed by atoms with Crippen molar-refractivity contribution < 1.29 is 14.3 Å². The molecule has 16 heavy (non-hydrogen) atoms. The van der Waals surface area contributed by atoms with Gasteiger partial charge in [-0.3, -0.25) is 4.79 Å². The van der Waals surface area contributed by atoms with Crippen LogP contribution in [-0.2, 0) is 9.53 Å². The third-order valence-electron chi connectivity index (χ3n) is 1.92. The van der Waals surface area contributed by atoms with Crippen LogP contribution in [0.3, 0.4) is 0 Å². The molecule has 1 fully saturated rings. The summed E-state index contributed by atoms with van der Waals surface area (Å²) in [6, 6.07) is 4.98. The Labute approximate surface area is 107 Å². The van der Waals surface area contributed by atoms with Crippen molar-refractivity contribution >= 4 is 40.9 Å². The Bertz CT molecular complexity index is 411. The summed E-state index contributed by atoms with van der Waals surface area (Å²) in [5.41, 5.74) is -0.251. The van der Waals surface area contributed by atoms with Gasteiger partial charge < -0.3 is 9.47 Å². The van der Waals surface area contributed by atoms with E-state index in [1.54, 1.807) is 18.2 Å². The molecule has 1 aliphatic rings. The average molecular weight is 279 g/mol. The lowest BCUT2D eigenvalue weighted by Gasteiger charge is -2.11. The highest BCUT2D eigenvalue weighted by Crippen LogP contribution is 2.29. The van der Waals surface area contributed by atoms with Gasteiger partial charge in [0.25, 0.3) is 0 Å². The summed E-state index contributed by atoms with van der Waals surface area (Å²) < 4.78 is 10.4. The quantitative estimate of drug-likeness (QED) is 0.797. The second-order valence-electron chi connectivity index (χ2n) is 3.12. The first-order chi connectivity index (χ1) is 7.65. The molecule has 0 saturated carbocycles. The van der Waals surface area contributed by atoms with E-state index in [2.05, 4.69) is 0 Å². The number of esters is 1. The van der Waals surface area contributed by atoms with Gasteiger partial charge in [0.1, 0.15) is 12.4 Å². The van der Waals surface area contributed by atoms with E-state index in [4.69, 9.17) is 32.7 Å². The van der Waals surface area contributed by atoms with Gasteiger partial charge in [0.05, 0.1) is 10.8 Å². The molecule has 0 aliphatic carbocycles. The fourth-order valence-electron chi connectivity index (χ4n) is 1.21. The van der Waals surface area contributed by atoms with Crippen molar-refractivity contribution in [2.75, 3.05) is 12.4 Å². The minimum absolute atomic E-state index is 0.208. The van der Waals surface area contributed by atoms with Crippen LogP contribution in [0.2, 0.25) is 10.0 Å². The zero-order valence-corrected chi connectivity index (χ0v) is 10.4. The number of hydrogen-bond donors (Lipinski definition) is 0. The molecule has 6 heteroatoms. The van der Waals surface area contributed by atoms with Crippen LogP contribution < -0.4 is 4.74 Å². The fourth-order valence-corrected chi connectivity index (χ4v) is 2.40. The van der Waals surface area contributed by atoms with Gasteiger partial charge in [-0.05, 0) is 18.2 Å². The maximum Gasteiger partial charge on any atom is 0.317 e. The molecule has 1 saturated heterocycles. The maximum absolute atomic E-state index is 10.8. The van der Waals surface area contributed by atoms with Gasteiger partial charge in [0.15, 0.2) is 5.44 Å². The fraction of sp³-hybridized carbons (Fsp3) is 0.300. The Morgan fingerprint density at radius 1 is 1.50 bits per heavy atom. The molecule has 0 bridgehead atoms. The number of hydrogen-bond acceptors (Lipinski definition) is 4. The van der Waals surface area contributed by atoms with Crippen molar-refractivity contribution in [2.24, 2.45) is 0 Å². The minimum Gasteiger partial charge on any atom is -0.487 e. The molecule has 1 aromatic rings. The molecule has 0 spiro atoms. The van der Waals surface area contributed by atoms with E-state index < -0.39 is 0 Å². The summed E-state index contributed by atoms with van der Waals surface area (Å²) in [6.07, 6.45) is 0. The normalized spacial score (nSPS) is 19.6. The topological polar surface area (TPSA) is 35.5 Å². The molecule has 1 aliphatic heterocycles. The number of carbonyl (C=O) groups is 1. The second kappa shape index (κ2) is 5.17. The largest absolute Gasteiger partial charge is 0.487 e. The summed E-state index contributed by atoms with van der Waals surface area (Å²) in [5.74, 6) is 0.706. The highest BCUT2D eigenvalue weighted by Gasteiger charge is 2.24. The number of ether oxygens (including phenoxy) is 2. The summed E-state index contributed by atoms with van der Waals surface area (Å²) >= 11 is 13.1. The second-order valence-corrected chi connectivity index (χ2v) is 5.11. The lowest BCUT2D eigenvalue weighted by Crippen LogP contribution is -2.15. The summed E-state index contributed by atoms with van der Waals surface area (Å²) in [5, 5.41) is 1.00. The number of halogens is 2. The number of benzene rings is 1. The van der Waals surface area contributed by atoms with Gasteiger partial charge >= 0.3 is 5.97 Å². The van der Waals surface area contributed by atoms with Crippen LogP contribution in [0.15, 0.2) is 18.2 Å². The third kappa shape index (κ3) is 2.97. The van der Waals surface area contributed by atoms with Crippen molar-refractivity contribution in [3.8, 4) is 5.75 Å². The van der Waals surface area contributed by atoms with E-state index in [9.17, 15) is 4.79 Å². The van der Waals surface area contributed by atoms with Crippen LogP contribution in [0.4, 0.5) is 0 Å². The van der Waals surface area contributed by atoms with E-state index in [1.165, 1.54) is 11.8 Å². The van der Waals surface area contributed by atoms with Gasteiger partial charge in [-0.25, -0.2) is 0 Å². The molecule has 1 aromatic carbocycles. The Hall–Kier alpha value is -0.580. The Morgan fingerprint density at radius 3 is 2.94 bits per heavy atom. The van der Waals surface area contributed by atoms with Crippen LogP contribution in [-0.4, -0.2) is 23.8 Å². The molecule has 0 radical (unpaired) electrons. The first kappa shape index (κ1) is 11.9. The SMILES string of the molecule is O=C1CS[C@@H](COc2ccc(Cl)cc2Cl)O1. The Kier molecular flexibility index (Phi) is 3.84. The minimum atomic E-state index is -0.251. The molecule has 1 atom stereocenters. The van der Waals surface area contributed by atoms with E-state index in [1.807, 2.05) is 0 Å². The molecule has 0 N–H and O–H groups in total. The lowest BCUT2D eigenvalue weighted by atomic mass is 10.3. The van der Waals surface area contributed by atoms with E-state index in [-0.39, 0.29) is 18.0 Å². The monoisotopic (exact) mass is 278 g/mol. The summed E-state index contributed by atoms with van der Waals surface area (Å²) in [7, 11) is 0. The number of thioether (sulfide) groups is 1. The number of cyclic esters (lactones) is 1. The first-order valence-corrected chi connectivity index (χ1v) is 6.34. The lowest BCUT2D eigenvalue weighted by molar-refractivity contribution is -0.140. The molecule has 0 aromatic heterocycles. The van der Waals surface area contributed by atoms with Crippen molar-refractivity contribution in [2.45, 2.75) is 5.44 Å². The molecular formula is C10H8Cl2O3S. The van der Waals surface area contributed by atoms with E-state index >= 15 is 0 Å². The van der Waals surface area contributed by atoms with Gasteiger partial charge in [-0.15, -0.1) is 11.8 Å². The summed E-state index contributed by atoms with van der Waals surface area (Å²) in [6.45, 7) is 0.289. The summed E-state index contributed by atoms with van der Waals surface area (Å²) in [4.78, 5) is 10.8. The third-order valence-corrected chi connectivity index (χ3v) is 3.46. The van der Waals surface area contributed by atoms with Crippen molar-refractivity contribution in [3.05, 3.63) is 28.2 Å². The van der Waals surface area contributed by atoms with Gasteiger partial charge in [-0.2, -0.15) is 0 Å². The maximum atomic E-state index is 10.8. The van der Waals surface area contributed by atoms with Crippen LogP contribution in [0.25, 0.3) is 0 Å². The van der Waals surface area contributed by atoms with Crippen LogP contribution in [0.5, 0.6) is 5.75 Å². The highest BCUT2D eigenvalue weighted by atomic mass is 35.5. The van der Waals surface area contributed by atoms with Gasteiger partial charge in [0, 0.05) is 5.02 Å². The molecule has 0 unspecified atom stereocenters. The number of carbonyl (C=O) groups excluding carboxylic acids is 1. The molecule has 1 heterocycles. The molecule has 0 amide bonds. The Balaban J connectivity index is 1.92. The number of rotatable bonds is 3. The average Bonchev–Trinajstić information content (AvgIpc) is 2.63. The predicted molar refractivity (Wildman–Crippen MR) is 64.3 cm³/mol. The highest BCUT2D eigenvalue weighted by molar-refractivity contribution is 8.00. The van der Waals surface area contributed by atoms with Crippen molar-refractivity contribution in [3.63, 3.8) is 0 Å². The Morgan fingerprint density at radius 2 is 2.31 bits per heavy atom. The predicted octanol–water partition coefficient (Wildman–Crippen LogP) is 2.99. The van der Waals surface area contributed by atoms with Gasteiger partial charge in [0.2, 0.25) is 0 Å². The van der Waals surface area contributed by atoms with Crippen LogP contribution in [0, 0.1) is 0 Å². The van der Waals surface area contributed by atoms with Gasteiger partial charge in [-0.1, -0.05) is 23.2 Å². The van der Waals surface area contributed by atoms with Crippen molar-refractivity contribution in [1.29, 1.82) is 0 Å². The van der Waals surface area contributed by atoms with Crippen molar-refractivity contribution in [1.82, 2.24) is 0 Å². The zero-order chi connectivity index (χ0) is 11.5. The standard InChI is InChI=1S/C10H8Cl2O3S/c11-6-1-2-8(7(12)3-6)14-4-10-15-9(13)5-16-10/h1-3,10H,4-5H2/t10-/m0/s1. The molecule has 3 nitrogen and oxygen atoms in total. The zero-order valence-electron chi connectivity index (χ0n) is 8.11. The molecule has 2 rings (SSSR count). The van der Waals surface area contributed by atoms with E-state index in [0.29, 0.717) is 21.5 Å². The smallest absolute Gasteiger partial charge is 0.317 e. The first-order valence-electron chi connectivity index (χ1n) is 4.54. The van der Waals surface area contributed by atoms with Crippen LogP contribution in [0.1, 0.15) is 0 Å².